The van der Waals surface area contributed by atoms with Crippen molar-refractivity contribution in [3.05, 3.63) is 91.4 Å². The van der Waals surface area contributed by atoms with Gasteiger partial charge in [-0.1, -0.05) is 64.6 Å². The number of amides is 1. The van der Waals surface area contributed by atoms with E-state index in [1.165, 1.54) is 7.11 Å². The number of carbonyl (C=O) groups is 2. The first-order chi connectivity index (χ1) is 18.9. The van der Waals surface area contributed by atoms with Gasteiger partial charge in [0.15, 0.2) is 11.5 Å². The Morgan fingerprint density at radius 1 is 0.800 bits per heavy atom. The zero-order valence-corrected chi connectivity index (χ0v) is 25.4. The van der Waals surface area contributed by atoms with Crippen LogP contribution in [0.2, 0.25) is 20.1 Å². The van der Waals surface area contributed by atoms with Crippen LogP contribution in [0.15, 0.2) is 54.6 Å². The van der Waals surface area contributed by atoms with Gasteiger partial charge < -0.3 is 24.3 Å². The molecule has 0 radical (unpaired) electrons. The van der Waals surface area contributed by atoms with E-state index in [2.05, 4.69) is 5.32 Å². The van der Waals surface area contributed by atoms with Gasteiger partial charge in [-0.05, 0) is 62.7 Å². The second kappa shape index (κ2) is 14.2. The minimum atomic E-state index is -1.01. The quantitative estimate of drug-likeness (QED) is 0.229. The van der Waals surface area contributed by atoms with Crippen molar-refractivity contribution in [2.24, 2.45) is 0 Å². The average molecular weight is 629 g/mol. The van der Waals surface area contributed by atoms with E-state index in [-0.39, 0.29) is 19.6 Å². The summed E-state index contributed by atoms with van der Waals surface area (Å²) < 4.78 is 22.3. The largest absolute Gasteiger partial charge is 0.485 e. The van der Waals surface area contributed by atoms with Crippen LogP contribution in [0.3, 0.4) is 0 Å². The van der Waals surface area contributed by atoms with Crippen molar-refractivity contribution < 1.29 is 28.5 Å². The SMILES string of the molecule is COC(=O)[C@H](Cc1ccc(OCc2c(Cl)cccc2Cl)c(OCc2c(Cl)cccc2Cl)c1)NC(=O)OC(C)(C)C. The maximum Gasteiger partial charge on any atom is 0.408 e. The van der Waals surface area contributed by atoms with Crippen LogP contribution in [0.4, 0.5) is 4.79 Å². The highest BCUT2D eigenvalue weighted by Gasteiger charge is 2.26. The van der Waals surface area contributed by atoms with Crippen LogP contribution >= 0.6 is 46.4 Å². The summed E-state index contributed by atoms with van der Waals surface area (Å²) in [4.78, 5) is 24.8. The summed E-state index contributed by atoms with van der Waals surface area (Å²) in [6.07, 6.45) is -0.657. The molecular formula is C29H29Cl4NO6. The van der Waals surface area contributed by atoms with Crippen LogP contribution in [0, 0.1) is 0 Å². The first kappa shape index (κ1) is 31.7. The fourth-order valence-electron chi connectivity index (χ4n) is 3.57. The van der Waals surface area contributed by atoms with Crippen LogP contribution in [-0.2, 0) is 33.9 Å². The predicted molar refractivity (Wildman–Crippen MR) is 157 cm³/mol. The summed E-state index contributed by atoms with van der Waals surface area (Å²) in [5.74, 6) is 0.0973. The molecule has 0 aliphatic carbocycles. The number of esters is 1. The molecule has 0 saturated heterocycles. The van der Waals surface area contributed by atoms with Crippen LogP contribution in [0.1, 0.15) is 37.5 Å². The molecule has 11 heteroatoms. The monoisotopic (exact) mass is 627 g/mol. The molecule has 0 aliphatic heterocycles. The average Bonchev–Trinajstić information content (AvgIpc) is 2.87. The number of hydrogen-bond acceptors (Lipinski definition) is 6. The fourth-order valence-corrected chi connectivity index (χ4v) is 4.59. The molecule has 0 saturated carbocycles. The van der Waals surface area contributed by atoms with E-state index in [1.807, 2.05) is 0 Å². The van der Waals surface area contributed by atoms with Gasteiger partial charge >= 0.3 is 12.1 Å². The minimum Gasteiger partial charge on any atom is -0.485 e. The molecule has 0 aliphatic rings. The first-order valence-corrected chi connectivity index (χ1v) is 13.7. The van der Waals surface area contributed by atoms with E-state index >= 15 is 0 Å². The highest BCUT2D eigenvalue weighted by atomic mass is 35.5. The molecule has 0 aromatic heterocycles. The molecule has 1 amide bonds. The lowest BCUT2D eigenvalue weighted by Gasteiger charge is -2.23. The van der Waals surface area contributed by atoms with E-state index < -0.39 is 23.7 Å². The topological polar surface area (TPSA) is 83.1 Å². The Morgan fingerprint density at radius 3 is 1.77 bits per heavy atom. The summed E-state index contributed by atoms with van der Waals surface area (Å²) in [6, 6.07) is 14.4. The number of alkyl carbamates (subject to hydrolysis) is 1. The minimum absolute atomic E-state index is 0.0434. The Labute approximate surface area is 253 Å². The molecule has 40 heavy (non-hydrogen) atoms. The molecule has 3 rings (SSSR count). The molecule has 214 valence electrons. The lowest BCUT2D eigenvalue weighted by atomic mass is 10.1. The molecule has 0 heterocycles. The van der Waals surface area contributed by atoms with Gasteiger partial charge in [-0.25, -0.2) is 9.59 Å². The number of hydrogen-bond donors (Lipinski definition) is 1. The Bertz CT molecular complexity index is 1320. The van der Waals surface area contributed by atoms with Crippen molar-refractivity contribution in [3.63, 3.8) is 0 Å². The number of methoxy groups -OCH3 is 1. The standard InChI is InChI=1S/C29H29Cl4NO6/c1-29(2,3)40-28(36)34-24(27(35)37-4)13-17-11-12-25(38-15-18-20(30)7-5-8-21(18)31)26(14-17)39-16-19-22(32)9-6-10-23(19)33/h5-12,14,24H,13,15-16H2,1-4H3,(H,34,36)/t24-/m0/s1. The summed E-state index contributed by atoms with van der Waals surface area (Å²) in [5, 5.41) is 4.38. The molecule has 3 aromatic rings. The predicted octanol–water partition coefficient (Wildman–Crippen LogP) is 8.07. The van der Waals surface area contributed by atoms with Crippen molar-refractivity contribution in [3.8, 4) is 11.5 Å². The molecule has 7 nitrogen and oxygen atoms in total. The van der Waals surface area contributed by atoms with E-state index in [0.717, 1.165) is 0 Å². The lowest BCUT2D eigenvalue weighted by molar-refractivity contribution is -0.143. The zero-order chi connectivity index (χ0) is 29.4. The number of nitrogens with one attached hydrogen (secondary N) is 1. The van der Waals surface area contributed by atoms with Gasteiger partial charge in [-0.2, -0.15) is 0 Å². The van der Waals surface area contributed by atoms with Crippen molar-refractivity contribution in [2.75, 3.05) is 7.11 Å². The highest BCUT2D eigenvalue weighted by Crippen LogP contribution is 2.34. The van der Waals surface area contributed by atoms with Crippen molar-refractivity contribution >= 4 is 58.5 Å². The molecule has 0 spiro atoms. The maximum absolute atomic E-state index is 12.5. The molecule has 0 unspecified atom stereocenters. The van der Waals surface area contributed by atoms with Gasteiger partial charge in [0.05, 0.1) is 7.11 Å². The van der Waals surface area contributed by atoms with Gasteiger partial charge in [0, 0.05) is 37.6 Å². The molecule has 1 atom stereocenters. The normalized spacial score (nSPS) is 11.9. The number of ether oxygens (including phenoxy) is 4. The number of halogens is 4. The number of carbonyl (C=O) groups excluding carboxylic acids is 2. The van der Waals surface area contributed by atoms with Gasteiger partial charge in [0.25, 0.3) is 0 Å². The molecule has 0 fully saturated rings. The summed E-state index contributed by atoms with van der Waals surface area (Å²) in [6.45, 7) is 5.29. The van der Waals surface area contributed by atoms with Crippen LogP contribution in [0.5, 0.6) is 11.5 Å². The number of benzene rings is 3. The first-order valence-electron chi connectivity index (χ1n) is 12.2. The molecule has 0 bridgehead atoms. The Kier molecular flexibility index (Phi) is 11.2. The summed E-state index contributed by atoms with van der Waals surface area (Å²) in [5.41, 5.74) is 1.11. The van der Waals surface area contributed by atoms with Crippen molar-refractivity contribution in [2.45, 2.75) is 52.0 Å². The van der Waals surface area contributed by atoms with Gasteiger partial charge in [0.1, 0.15) is 24.9 Å². The van der Waals surface area contributed by atoms with Gasteiger partial charge in [-0.15, -0.1) is 0 Å². The van der Waals surface area contributed by atoms with Gasteiger partial charge in [-0.3, -0.25) is 0 Å². The smallest absolute Gasteiger partial charge is 0.408 e. The molecule has 3 aromatic carbocycles. The summed E-state index contributed by atoms with van der Waals surface area (Å²) >= 11 is 25.3. The van der Waals surface area contributed by atoms with Crippen LogP contribution < -0.4 is 14.8 Å². The Balaban J connectivity index is 1.89. The van der Waals surface area contributed by atoms with Crippen LogP contribution in [0.25, 0.3) is 0 Å². The zero-order valence-electron chi connectivity index (χ0n) is 22.4. The molecular weight excluding hydrogens is 600 g/mol. The van der Waals surface area contributed by atoms with Gasteiger partial charge in [0.2, 0.25) is 0 Å². The van der Waals surface area contributed by atoms with Crippen molar-refractivity contribution in [1.82, 2.24) is 5.32 Å². The maximum atomic E-state index is 12.5. The summed E-state index contributed by atoms with van der Waals surface area (Å²) in [7, 11) is 1.24. The van der Waals surface area contributed by atoms with E-state index in [4.69, 9.17) is 65.4 Å². The van der Waals surface area contributed by atoms with Crippen molar-refractivity contribution in [1.29, 1.82) is 0 Å². The van der Waals surface area contributed by atoms with E-state index in [9.17, 15) is 9.59 Å². The Morgan fingerprint density at radius 2 is 1.30 bits per heavy atom. The van der Waals surface area contributed by atoms with Crippen LogP contribution in [-0.4, -0.2) is 30.8 Å². The lowest BCUT2D eigenvalue weighted by Crippen LogP contribution is -2.45. The third-order valence-corrected chi connectivity index (χ3v) is 6.91. The molecule has 1 N–H and O–H groups in total. The third kappa shape index (κ3) is 9.10. The second-order valence-electron chi connectivity index (χ2n) is 9.68. The Hall–Kier alpha value is -2.84. The highest BCUT2D eigenvalue weighted by molar-refractivity contribution is 6.36. The second-order valence-corrected chi connectivity index (χ2v) is 11.3. The third-order valence-electron chi connectivity index (χ3n) is 5.49. The fraction of sp³-hybridized carbons (Fsp3) is 0.310. The number of rotatable bonds is 10. The van der Waals surface area contributed by atoms with E-state index in [1.54, 1.807) is 75.4 Å². The van der Waals surface area contributed by atoms with E-state index in [0.29, 0.717) is 48.3 Å².